The number of fused-ring (bicyclic) bond motifs is 6. The Bertz CT molecular complexity index is 1940. The largest absolute Gasteiger partial charge is 0.344 e. The molecule has 242 valence electrons. The summed E-state index contributed by atoms with van der Waals surface area (Å²) in [4.78, 5) is 2.57. The Morgan fingerprint density at radius 1 is 0.638 bits per heavy atom. The van der Waals surface area contributed by atoms with Crippen LogP contribution in [0.3, 0.4) is 0 Å². The van der Waals surface area contributed by atoms with Crippen LogP contribution in [0.5, 0.6) is 0 Å². The van der Waals surface area contributed by atoms with Crippen LogP contribution in [0.4, 0.5) is 11.4 Å². The van der Waals surface area contributed by atoms with E-state index in [0.29, 0.717) is 11.8 Å². The van der Waals surface area contributed by atoms with Crippen molar-refractivity contribution in [3.05, 3.63) is 132 Å². The molecule has 0 aliphatic carbocycles. The van der Waals surface area contributed by atoms with Crippen molar-refractivity contribution in [1.29, 1.82) is 0 Å². The fourth-order valence-corrected chi connectivity index (χ4v) is 7.81. The molecule has 2 aliphatic rings. The van der Waals surface area contributed by atoms with Gasteiger partial charge >= 0.3 is 0 Å². The Balaban J connectivity index is 1.27. The molecule has 2 heterocycles. The van der Waals surface area contributed by atoms with Crippen LogP contribution in [-0.2, 0) is 10.8 Å². The van der Waals surface area contributed by atoms with Crippen LogP contribution in [0, 0.1) is 11.8 Å². The van der Waals surface area contributed by atoms with E-state index in [4.69, 9.17) is 0 Å². The smallest absolute Gasteiger partial charge is 0.210 e. The Kier molecular flexibility index (Phi) is 9.16. The van der Waals surface area contributed by atoms with Gasteiger partial charge in [-0.1, -0.05) is 127 Å². The second kappa shape index (κ2) is 13.1. The molecule has 0 saturated carbocycles. The van der Waals surface area contributed by atoms with Crippen LogP contribution in [0.15, 0.2) is 121 Å². The molecule has 0 radical (unpaired) electrons. The first-order valence-electron chi connectivity index (χ1n) is 17.7. The van der Waals surface area contributed by atoms with Crippen LogP contribution < -0.4 is 4.90 Å². The summed E-state index contributed by atoms with van der Waals surface area (Å²) in [6.45, 7) is 20.9. The van der Waals surface area contributed by atoms with E-state index in [1.165, 1.54) is 55.5 Å². The summed E-state index contributed by atoms with van der Waals surface area (Å²) in [7, 11) is 0. The third kappa shape index (κ3) is 6.16. The molecular formula is C45H53N2+. The van der Waals surface area contributed by atoms with Gasteiger partial charge in [-0.2, -0.15) is 4.58 Å². The predicted molar refractivity (Wildman–Crippen MR) is 206 cm³/mol. The third-order valence-electron chi connectivity index (χ3n) is 10.3. The van der Waals surface area contributed by atoms with Gasteiger partial charge in [0, 0.05) is 47.5 Å². The molecule has 0 fully saturated rings. The van der Waals surface area contributed by atoms with Gasteiger partial charge in [-0.15, -0.1) is 0 Å². The monoisotopic (exact) mass is 621 g/mol. The molecular weight excluding hydrogens is 569 g/mol. The van der Waals surface area contributed by atoms with Crippen LogP contribution in [0.25, 0.3) is 21.5 Å². The van der Waals surface area contributed by atoms with Gasteiger partial charge < -0.3 is 4.90 Å². The van der Waals surface area contributed by atoms with E-state index in [9.17, 15) is 0 Å². The maximum Gasteiger partial charge on any atom is 0.210 e. The number of anilines is 1. The highest BCUT2D eigenvalue weighted by molar-refractivity contribution is 6.07. The van der Waals surface area contributed by atoms with Crippen molar-refractivity contribution in [1.82, 2.24) is 0 Å². The van der Waals surface area contributed by atoms with E-state index < -0.39 is 0 Å². The second-order valence-corrected chi connectivity index (χ2v) is 15.3. The molecule has 2 nitrogen and oxygen atoms in total. The van der Waals surface area contributed by atoms with Gasteiger partial charge in [0.1, 0.15) is 6.54 Å². The Morgan fingerprint density at radius 2 is 1.23 bits per heavy atom. The normalized spacial score (nSPS) is 18.1. The summed E-state index contributed by atoms with van der Waals surface area (Å²) in [6, 6.07) is 26.9. The fourth-order valence-electron chi connectivity index (χ4n) is 7.81. The average Bonchev–Trinajstić information content (AvgIpc) is 3.40. The molecule has 0 N–H and O–H groups in total. The first kappa shape index (κ1) is 32.8. The third-order valence-corrected chi connectivity index (χ3v) is 10.3. The molecule has 4 aromatic rings. The molecule has 6 rings (SSSR count). The van der Waals surface area contributed by atoms with Crippen molar-refractivity contribution in [3.8, 4) is 0 Å². The summed E-state index contributed by atoms with van der Waals surface area (Å²) in [5.74, 6) is 1.31. The molecule has 0 aromatic heterocycles. The predicted octanol–water partition coefficient (Wildman–Crippen LogP) is 11.8. The van der Waals surface area contributed by atoms with Crippen LogP contribution in [0.1, 0.15) is 79.4 Å². The number of allylic oxidation sites excluding steroid dienone is 8. The summed E-state index contributed by atoms with van der Waals surface area (Å²) in [5.41, 5.74) is 8.21. The van der Waals surface area contributed by atoms with Gasteiger partial charge in [-0.3, -0.25) is 0 Å². The molecule has 2 aliphatic heterocycles. The molecule has 0 saturated heterocycles. The SMILES string of the molecule is CC(C)CCN1/C(=C/C=C/C=C/C=C/C2=[N+](CCC(C)C)c3ccc4ccccc4c3C2(C)C)C(C)(C)c2c1ccc1ccccc21. The standard InChI is InChI=1S/C45H53N2/c1-32(2)28-30-46-38-26-24-34-18-14-16-20-36(34)42(38)44(5,6)40(46)22-12-10-9-11-13-23-41-45(7,8)43-37-21-17-15-19-35(37)25-27-39(43)47(41)31-29-33(3)4/h9-27,32-33H,28-31H2,1-8H3/q+1. The van der Waals surface area contributed by atoms with E-state index in [1.807, 2.05) is 0 Å². The number of nitrogens with zero attached hydrogens (tertiary/aromatic N) is 2. The lowest BCUT2D eigenvalue weighted by atomic mass is 9.79. The molecule has 0 unspecified atom stereocenters. The minimum absolute atomic E-state index is 0.0789. The number of hydrogen-bond acceptors (Lipinski definition) is 1. The lowest BCUT2D eigenvalue weighted by Gasteiger charge is -2.27. The maximum atomic E-state index is 2.57. The van der Waals surface area contributed by atoms with E-state index in [1.54, 1.807) is 0 Å². The van der Waals surface area contributed by atoms with Crippen LogP contribution >= 0.6 is 0 Å². The van der Waals surface area contributed by atoms with E-state index in [-0.39, 0.29) is 10.8 Å². The topological polar surface area (TPSA) is 6.25 Å². The zero-order valence-corrected chi connectivity index (χ0v) is 29.8. The highest BCUT2D eigenvalue weighted by Crippen LogP contribution is 2.51. The van der Waals surface area contributed by atoms with Crippen molar-refractivity contribution in [2.45, 2.75) is 79.1 Å². The van der Waals surface area contributed by atoms with Gasteiger partial charge in [0.15, 0.2) is 5.71 Å². The number of benzene rings is 4. The Hall–Kier alpha value is -4.17. The summed E-state index contributed by atoms with van der Waals surface area (Å²) in [6.07, 6.45) is 18.0. The van der Waals surface area contributed by atoms with Crippen molar-refractivity contribution < 1.29 is 4.58 Å². The molecule has 0 atom stereocenters. The number of hydrogen-bond donors (Lipinski definition) is 0. The van der Waals surface area contributed by atoms with Gasteiger partial charge in [0.25, 0.3) is 0 Å². The van der Waals surface area contributed by atoms with Gasteiger partial charge in [0.2, 0.25) is 5.69 Å². The first-order valence-corrected chi connectivity index (χ1v) is 17.7. The molecule has 0 bridgehead atoms. The van der Waals surface area contributed by atoms with Crippen LogP contribution in [-0.4, -0.2) is 23.4 Å². The fraction of sp³-hybridized carbons (Fsp3) is 0.356. The molecule has 0 spiro atoms. The van der Waals surface area contributed by atoms with Gasteiger partial charge in [-0.25, -0.2) is 0 Å². The Labute approximate surface area is 283 Å². The molecule has 0 amide bonds. The quantitative estimate of drug-likeness (QED) is 0.126. The summed E-state index contributed by atoms with van der Waals surface area (Å²) < 4.78 is 2.57. The van der Waals surface area contributed by atoms with Crippen molar-refractivity contribution in [2.75, 3.05) is 18.0 Å². The van der Waals surface area contributed by atoms with E-state index >= 15 is 0 Å². The summed E-state index contributed by atoms with van der Waals surface area (Å²) >= 11 is 0. The van der Waals surface area contributed by atoms with E-state index in [2.05, 4.69) is 180 Å². The van der Waals surface area contributed by atoms with E-state index in [0.717, 1.165) is 25.9 Å². The molecule has 2 heteroatoms. The van der Waals surface area contributed by atoms with Gasteiger partial charge in [-0.05, 0) is 77.4 Å². The highest BCUT2D eigenvalue weighted by atomic mass is 15.2. The van der Waals surface area contributed by atoms with Crippen LogP contribution in [0.2, 0.25) is 0 Å². The second-order valence-electron chi connectivity index (χ2n) is 15.3. The van der Waals surface area contributed by atoms with Crippen molar-refractivity contribution >= 4 is 38.6 Å². The Morgan fingerprint density at radius 3 is 1.91 bits per heavy atom. The average molecular weight is 622 g/mol. The first-order chi connectivity index (χ1) is 22.5. The molecule has 4 aromatic carbocycles. The van der Waals surface area contributed by atoms with Crippen molar-refractivity contribution in [2.24, 2.45) is 11.8 Å². The minimum atomic E-state index is -0.0789. The zero-order chi connectivity index (χ0) is 33.3. The zero-order valence-electron chi connectivity index (χ0n) is 29.8. The van der Waals surface area contributed by atoms with Crippen molar-refractivity contribution in [3.63, 3.8) is 0 Å². The van der Waals surface area contributed by atoms with Gasteiger partial charge in [0.05, 0.1) is 5.41 Å². The minimum Gasteiger partial charge on any atom is -0.344 e. The maximum absolute atomic E-state index is 2.57. The number of rotatable bonds is 10. The molecule has 47 heavy (non-hydrogen) atoms. The summed E-state index contributed by atoms with van der Waals surface area (Å²) in [5, 5.41) is 5.37. The highest BCUT2D eigenvalue weighted by Gasteiger charge is 2.45. The lowest BCUT2D eigenvalue weighted by molar-refractivity contribution is -0.439. The lowest BCUT2D eigenvalue weighted by Crippen LogP contribution is -2.28.